The lowest BCUT2D eigenvalue weighted by Gasteiger charge is -2.31. The number of nitrogens with two attached hydrogens (primary N) is 1. The average molecular weight is 286 g/mol. The molecular weight excluding hydrogens is 266 g/mol. The lowest BCUT2D eigenvalue weighted by atomic mass is 9.77. The summed E-state index contributed by atoms with van der Waals surface area (Å²) in [6, 6.07) is 1.98. The molecule has 1 aliphatic rings. The molecule has 1 aliphatic carbocycles. The highest BCUT2D eigenvalue weighted by molar-refractivity contribution is 7.16. The predicted molar refractivity (Wildman–Crippen MR) is 75.5 cm³/mol. The molecule has 106 valence electrons. The second kappa shape index (κ2) is 5.87. The number of rotatable bonds is 1. The van der Waals surface area contributed by atoms with Crippen molar-refractivity contribution in [2.75, 3.05) is 5.73 Å². The molecule has 0 aliphatic heterocycles. The van der Waals surface area contributed by atoms with Gasteiger partial charge in [-0.15, -0.1) is 11.3 Å². The van der Waals surface area contributed by atoms with Gasteiger partial charge in [-0.2, -0.15) is 5.26 Å². The summed E-state index contributed by atoms with van der Waals surface area (Å²) in [6.07, 6.45) is 0.274. The van der Waals surface area contributed by atoms with Crippen LogP contribution in [0.5, 0.6) is 0 Å². The number of nitrogen functional groups attached to an aromatic ring is 1. The molecule has 1 heterocycles. The van der Waals surface area contributed by atoms with Crippen molar-refractivity contribution in [3.05, 3.63) is 16.0 Å². The Morgan fingerprint density at radius 3 is 2.47 bits per heavy atom. The Morgan fingerprint density at radius 2 is 2.00 bits per heavy atom. The third-order valence-corrected chi connectivity index (χ3v) is 4.51. The van der Waals surface area contributed by atoms with Crippen LogP contribution in [0.3, 0.4) is 0 Å². The van der Waals surface area contributed by atoms with Gasteiger partial charge >= 0.3 is 0 Å². The first-order valence-corrected chi connectivity index (χ1v) is 7.40. The highest BCUT2D eigenvalue weighted by Gasteiger charge is 2.44. The SMILES string of the molecule is CC.CC(C)C1CCC(F)(F)c2sc(N)c(C#N)c21. The smallest absolute Gasteiger partial charge is 0.282 e. The Bertz CT molecular complexity index is 486. The summed E-state index contributed by atoms with van der Waals surface area (Å²) in [5.74, 6) is -2.56. The van der Waals surface area contributed by atoms with E-state index in [9.17, 15) is 8.78 Å². The number of anilines is 1. The number of nitrogens with zero attached hydrogens (tertiary/aromatic N) is 1. The first-order chi connectivity index (χ1) is 8.88. The van der Waals surface area contributed by atoms with Crippen LogP contribution in [0.2, 0.25) is 0 Å². The molecule has 0 saturated carbocycles. The summed E-state index contributed by atoms with van der Waals surface area (Å²) < 4.78 is 27.6. The third kappa shape index (κ3) is 2.74. The van der Waals surface area contributed by atoms with Gasteiger partial charge in [0.05, 0.1) is 10.4 Å². The fraction of sp³-hybridized carbons (Fsp3) is 0.643. The van der Waals surface area contributed by atoms with Crippen LogP contribution in [0, 0.1) is 17.2 Å². The van der Waals surface area contributed by atoms with E-state index in [1.165, 1.54) is 0 Å². The van der Waals surface area contributed by atoms with E-state index >= 15 is 0 Å². The highest BCUT2D eigenvalue weighted by atomic mass is 32.1. The van der Waals surface area contributed by atoms with E-state index in [-0.39, 0.29) is 33.7 Å². The van der Waals surface area contributed by atoms with E-state index in [1.807, 2.05) is 33.8 Å². The number of thiophene rings is 1. The molecule has 1 aromatic heterocycles. The Labute approximate surface area is 117 Å². The lowest BCUT2D eigenvalue weighted by Crippen LogP contribution is -2.24. The minimum Gasteiger partial charge on any atom is -0.389 e. The molecule has 0 fully saturated rings. The molecule has 1 atom stereocenters. The average Bonchev–Trinajstić information content (AvgIpc) is 2.69. The number of hydrogen-bond acceptors (Lipinski definition) is 3. The topological polar surface area (TPSA) is 49.8 Å². The van der Waals surface area contributed by atoms with E-state index in [4.69, 9.17) is 11.0 Å². The first-order valence-electron chi connectivity index (χ1n) is 6.59. The minimum atomic E-state index is -2.82. The van der Waals surface area contributed by atoms with Gasteiger partial charge in [0.25, 0.3) is 5.92 Å². The van der Waals surface area contributed by atoms with Crippen LogP contribution in [-0.2, 0) is 5.92 Å². The zero-order valence-corrected chi connectivity index (χ0v) is 12.6. The lowest BCUT2D eigenvalue weighted by molar-refractivity contribution is -0.0230. The van der Waals surface area contributed by atoms with Crippen molar-refractivity contribution in [1.29, 1.82) is 5.26 Å². The maximum Gasteiger partial charge on any atom is 0.282 e. The van der Waals surface area contributed by atoms with Gasteiger partial charge in [-0.3, -0.25) is 0 Å². The molecule has 1 aromatic rings. The monoisotopic (exact) mass is 286 g/mol. The van der Waals surface area contributed by atoms with Crippen LogP contribution in [0.25, 0.3) is 0 Å². The molecule has 0 amide bonds. The number of fused-ring (bicyclic) bond motifs is 1. The summed E-state index contributed by atoms with van der Waals surface area (Å²) in [6.45, 7) is 7.99. The fourth-order valence-electron chi connectivity index (χ4n) is 2.46. The van der Waals surface area contributed by atoms with Crippen LogP contribution < -0.4 is 5.73 Å². The minimum absolute atomic E-state index is 0.0106. The molecule has 1 unspecified atom stereocenters. The second-order valence-corrected chi connectivity index (χ2v) is 5.84. The van der Waals surface area contributed by atoms with Gasteiger partial charge in [0.15, 0.2) is 0 Å². The van der Waals surface area contributed by atoms with Gasteiger partial charge < -0.3 is 5.73 Å². The van der Waals surface area contributed by atoms with Gasteiger partial charge in [0.2, 0.25) is 0 Å². The van der Waals surface area contributed by atoms with Gasteiger partial charge in [0, 0.05) is 6.42 Å². The van der Waals surface area contributed by atoms with Crippen LogP contribution in [0.1, 0.15) is 62.5 Å². The molecule has 5 heteroatoms. The van der Waals surface area contributed by atoms with Crippen molar-refractivity contribution in [2.24, 2.45) is 5.92 Å². The Kier molecular flexibility index (Phi) is 4.92. The standard InChI is InChI=1S/C12H14F2N2S.C2H6/c1-6(2)7-3-4-12(13,14)10-9(7)8(5-15)11(16)17-10;1-2/h6-7H,3-4,16H2,1-2H3;1-2H3. The second-order valence-electron chi connectivity index (χ2n) is 4.79. The first kappa shape index (κ1) is 15.9. The van der Waals surface area contributed by atoms with E-state index in [0.717, 1.165) is 11.3 Å². The molecular formula is C14H20F2N2S. The summed E-state index contributed by atoms with van der Waals surface area (Å²) in [4.78, 5) is 0.0106. The van der Waals surface area contributed by atoms with E-state index < -0.39 is 5.92 Å². The Balaban J connectivity index is 0.000000861. The van der Waals surface area contributed by atoms with Crippen LogP contribution in [-0.4, -0.2) is 0 Å². The highest BCUT2D eigenvalue weighted by Crippen LogP contribution is 2.53. The maximum absolute atomic E-state index is 13.8. The summed E-state index contributed by atoms with van der Waals surface area (Å²) in [7, 11) is 0. The van der Waals surface area contributed by atoms with Crippen LogP contribution in [0.4, 0.5) is 13.8 Å². The largest absolute Gasteiger partial charge is 0.389 e. The normalized spacial score (nSPS) is 20.2. The van der Waals surface area contributed by atoms with Crippen molar-refractivity contribution < 1.29 is 8.78 Å². The Morgan fingerprint density at radius 1 is 1.42 bits per heavy atom. The summed E-state index contributed by atoms with van der Waals surface area (Å²) in [5, 5.41) is 9.29. The predicted octanol–water partition coefficient (Wildman–Crippen LogP) is 4.85. The van der Waals surface area contributed by atoms with E-state index in [2.05, 4.69) is 0 Å². The zero-order valence-electron chi connectivity index (χ0n) is 11.8. The van der Waals surface area contributed by atoms with Crippen molar-refractivity contribution >= 4 is 16.3 Å². The van der Waals surface area contributed by atoms with E-state index in [1.54, 1.807) is 0 Å². The van der Waals surface area contributed by atoms with Gasteiger partial charge in [-0.25, -0.2) is 8.78 Å². The third-order valence-electron chi connectivity index (χ3n) is 3.36. The van der Waals surface area contributed by atoms with Gasteiger partial charge in [-0.1, -0.05) is 27.7 Å². The van der Waals surface area contributed by atoms with E-state index in [0.29, 0.717) is 12.0 Å². The molecule has 0 aromatic carbocycles. The van der Waals surface area contributed by atoms with Crippen LogP contribution in [0.15, 0.2) is 0 Å². The molecule has 0 spiro atoms. The quantitative estimate of drug-likeness (QED) is 0.802. The molecule has 2 rings (SSSR count). The van der Waals surface area contributed by atoms with Crippen molar-refractivity contribution in [3.63, 3.8) is 0 Å². The molecule has 2 nitrogen and oxygen atoms in total. The molecule has 2 N–H and O–H groups in total. The molecule has 0 bridgehead atoms. The molecule has 0 saturated heterocycles. The Hall–Kier alpha value is -1.15. The zero-order chi connectivity index (χ0) is 14.8. The maximum atomic E-state index is 13.8. The van der Waals surface area contributed by atoms with Crippen molar-refractivity contribution in [1.82, 2.24) is 0 Å². The number of halogens is 2. The molecule has 0 radical (unpaired) electrons. The molecule has 19 heavy (non-hydrogen) atoms. The number of nitriles is 1. The number of alkyl halides is 2. The summed E-state index contributed by atoms with van der Waals surface area (Å²) in [5.41, 5.74) is 6.45. The fourth-order valence-corrected chi connectivity index (χ4v) is 3.56. The van der Waals surface area contributed by atoms with Crippen molar-refractivity contribution in [3.8, 4) is 6.07 Å². The van der Waals surface area contributed by atoms with Crippen LogP contribution >= 0.6 is 11.3 Å². The van der Waals surface area contributed by atoms with Crippen molar-refractivity contribution in [2.45, 2.75) is 52.4 Å². The summed E-state index contributed by atoms with van der Waals surface area (Å²) >= 11 is 0.875. The van der Waals surface area contributed by atoms with Gasteiger partial charge in [0.1, 0.15) is 11.1 Å². The van der Waals surface area contributed by atoms with Gasteiger partial charge in [-0.05, 0) is 23.8 Å². The number of hydrogen-bond donors (Lipinski definition) is 1.